The maximum atomic E-state index is 5.66. The second-order valence-electron chi connectivity index (χ2n) is 2.95. The van der Waals surface area contributed by atoms with Gasteiger partial charge in [0, 0.05) is 5.56 Å². The molecule has 0 amide bonds. The lowest BCUT2D eigenvalue weighted by molar-refractivity contribution is 0.630. The molecule has 0 saturated heterocycles. The van der Waals surface area contributed by atoms with E-state index in [0.29, 0.717) is 17.2 Å². The first-order valence-corrected chi connectivity index (χ1v) is 4.06. The SMILES string of the molecule is Cn1nnc(-c2ccc(N)c(N)c2)n1. The van der Waals surface area contributed by atoms with E-state index in [0.717, 1.165) is 5.56 Å². The number of aryl methyl sites for hydroxylation is 1. The number of hydrogen-bond donors (Lipinski definition) is 2. The summed E-state index contributed by atoms with van der Waals surface area (Å²) in [5.74, 6) is 0.541. The molecule has 0 unspecified atom stereocenters. The zero-order valence-electron chi connectivity index (χ0n) is 7.68. The molecule has 0 aliphatic carbocycles. The molecule has 0 fully saturated rings. The summed E-state index contributed by atoms with van der Waals surface area (Å²) < 4.78 is 0. The molecule has 0 saturated carbocycles. The van der Waals surface area contributed by atoms with Crippen molar-refractivity contribution in [2.75, 3.05) is 11.5 Å². The Morgan fingerprint density at radius 3 is 2.57 bits per heavy atom. The van der Waals surface area contributed by atoms with Crippen LogP contribution in [-0.2, 0) is 7.05 Å². The number of rotatable bonds is 1. The first-order chi connectivity index (χ1) is 6.66. The van der Waals surface area contributed by atoms with E-state index in [1.54, 1.807) is 19.2 Å². The van der Waals surface area contributed by atoms with Crippen LogP contribution in [0.3, 0.4) is 0 Å². The van der Waals surface area contributed by atoms with Gasteiger partial charge in [-0.25, -0.2) is 0 Å². The number of benzene rings is 1. The Labute approximate surface area is 80.5 Å². The maximum Gasteiger partial charge on any atom is 0.204 e. The molecule has 6 heteroatoms. The van der Waals surface area contributed by atoms with Gasteiger partial charge in [0.25, 0.3) is 0 Å². The number of tetrazole rings is 1. The molecule has 1 aromatic carbocycles. The summed E-state index contributed by atoms with van der Waals surface area (Å²) in [7, 11) is 1.71. The standard InChI is InChI=1S/C8H10N6/c1-14-12-8(11-13-14)5-2-3-6(9)7(10)4-5/h2-4H,9-10H2,1H3. The van der Waals surface area contributed by atoms with Crippen molar-refractivity contribution in [3.8, 4) is 11.4 Å². The molecular formula is C8H10N6. The lowest BCUT2D eigenvalue weighted by atomic mass is 10.1. The van der Waals surface area contributed by atoms with Crippen molar-refractivity contribution in [3.63, 3.8) is 0 Å². The third kappa shape index (κ3) is 1.37. The molecule has 0 bridgehead atoms. The van der Waals surface area contributed by atoms with Crippen LogP contribution in [-0.4, -0.2) is 20.2 Å². The Hall–Kier alpha value is -2.11. The molecular weight excluding hydrogens is 180 g/mol. The van der Waals surface area contributed by atoms with E-state index < -0.39 is 0 Å². The average molecular weight is 190 g/mol. The zero-order valence-corrected chi connectivity index (χ0v) is 7.68. The number of nitrogens with zero attached hydrogens (tertiary/aromatic N) is 4. The van der Waals surface area contributed by atoms with Crippen LogP contribution in [0.15, 0.2) is 18.2 Å². The largest absolute Gasteiger partial charge is 0.397 e. The highest BCUT2D eigenvalue weighted by Gasteiger charge is 2.05. The molecule has 2 aromatic rings. The molecule has 2 rings (SSSR count). The highest BCUT2D eigenvalue weighted by atomic mass is 15.6. The van der Waals surface area contributed by atoms with Crippen molar-refractivity contribution in [2.45, 2.75) is 0 Å². The predicted octanol–water partition coefficient (Wildman–Crippen LogP) is 0.0415. The van der Waals surface area contributed by atoms with Crippen molar-refractivity contribution in [3.05, 3.63) is 18.2 Å². The van der Waals surface area contributed by atoms with Gasteiger partial charge in [0.1, 0.15) is 0 Å². The zero-order chi connectivity index (χ0) is 10.1. The fraction of sp³-hybridized carbons (Fsp3) is 0.125. The average Bonchev–Trinajstić information content (AvgIpc) is 2.57. The van der Waals surface area contributed by atoms with Gasteiger partial charge in [0.2, 0.25) is 5.82 Å². The Balaban J connectivity index is 2.47. The van der Waals surface area contributed by atoms with Crippen LogP contribution in [0.25, 0.3) is 11.4 Å². The number of nitrogens with two attached hydrogens (primary N) is 2. The van der Waals surface area contributed by atoms with Gasteiger partial charge in [0.05, 0.1) is 18.4 Å². The van der Waals surface area contributed by atoms with Crippen molar-refractivity contribution in [2.24, 2.45) is 7.05 Å². The highest BCUT2D eigenvalue weighted by molar-refractivity contribution is 5.71. The molecule has 0 spiro atoms. The number of nitrogen functional groups attached to an aromatic ring is 2. The first-order valence-electron chi connectivity index (χ1n) is 4.06. The third-order valence-corrected chi connectivity index (χ3v) is 1.85. The fourth-order valence-electron chi connectivity index (χ4n) is 1.11. The lowest BCUT2D eigenvalue weighted by Crippen LogP contribution is -1.95. The van der Waals surface area contributed by atoms with E-state index in [2.05, 4.69) is 15.4 Å². The van der Waals surface area contributed by atoms with Gasteiger partial charge >= 0.3 is 0 Å². The van der Waals surface area contributed by atoms with E-state index in [1.807, 2.05) is 6.07 Å². The van der Waals surface area contributed by atoms with Gasteiger partial charge in [-0.1, -0.05) is 0 Å². The van der Waals surface area contributed by atoms with Crippen LogP contribution in [0, 0.1) is 0 Å². The number of hydrogen-bond acceptors (Lipinski definition) is 5. The second-order valence-corrected chi connectivity index (χ2v) is 2.95. The maximum absolute atomic E-state index is 5.66. The van der Waals surface area contributed by atoms with Crippen LogP contribution in [0.1, 0.15) is 0 Å². The normalized spacial score (nSPS) is 10.4. The van der Waals surface area contributed by atoms with Gasteiger partial charge in [-0.05, 0) is 23.4 Å². The molecule has 0 aliphatic heterocycles. The Kier molecular flexibility index (Phi) is 1.81. The Bertz CT molecular complexity index is 461. The van der Waals surface area contributed by atoms with Crippen molar-refractivity contribution in [1.82, 2.24) is 20.2 Å². The van der Waals surface area contributed by atoms with Crippen molar-refractivity contribution in [1.29, 1.82) is 0 Å². The van der Waals surface area contributed by atoms with Crippen LogP contribution in [0.2, 0.25) is 0 Å². The van der Waals surface area contributed by atoms with E-state index in [4.69, 9.17) is 11.5 Å². The Morgan fingerprint density at radius 1 is 1.21 bits per heavy atom. The van der Waals surface area contributed by atoms with E-state index in [1.165, 1.54) is 4.80 Å². The van der Waals surface area contributed by atoms with E-state index >= 15 is 0 Å². The van der Waals surface area contributed by atoms with Gasteiger partial charge in [0.15, 0.2) is 0 Å². The lowest BCUT2D eigenvalue weighted by Gasteiger charge is -2.00. The summed E-state index contributed by atoms with van der Waals surface area (Å²) in [5.41, 5.74) is 13.1. The smallest absolute Gasteiger partial charge is 0.204 e. The number of anilines is 2. The molecule has 1 aromatic heterocycles. The quantitative estimate of drug-likeness (QED) is 0.619. The van der Waals surface area contributed by atoms with E-state index in [9.17, 15) is 0 Å². The number of aromatic nitrogens is 4. The topological polar surface area (TPSA) is 95.6 Å². The predicted molar refractivity (Wildman–Crippen MR) is 53.1 cm³/mol. The first kappa shape index (κ1) is 8.49. The van der Waals surface area contributed by atoms with Crippen LogP contribution >= 0.6 is 0 Å². The minimum atomic E-state index is 0.523. The third-order valence-electron chi connectivity index (χ3n) is 1.85. The van der Waals surface area contributed by atoms with Gasteiger partial charge in [-0.3, -0.25) is 0 Å². The summed E-state index contributed by atoms with van der Waals surface area (Å²) in [5, 5.41) is 11.6. The molecule has 1 heterocycles. The molecule has 0 radical (unpaired) electrons. The fourth-order valence-corrected chi connectivity index (χ4v) is 1.11. The van der Waals surface area contributed by atoms with E-state index in [-0.39, 0.29) is 0 Å². The second kappa shape index (κ2) is 2.99. The van der Waals surface area contributed by atoms with Crippen molar-refractivity contribution >= 4 is 11.4 Å². The molecule has 14 heavy (non-hydrogen) atoms. The van der Waals surface area contributed by atoms with Crippen LogP contribution in [0.5, 0.6) is 0 Å². The minimum absolute atomic E-state index is 0.523. The summed E-state index contributed by atoms with van der Waals surface area (Å²) in [4.78, 5) is 1.39. The summed E-state index contributed by atoms with van der Waals surface area (Å²) in [6, 6.07) is 5.26. The molecule has 0 aliphatic rings. The molecule has 6 nitrogen and oxygen atoms in total. The van der Waals surface area contributed by atoms with Gasteiger partial charge < -0.3 is 11.5 Å². The highest BCUT2D eigenvalue weighted by Crippen LogP contribution is 2.21. The van der Waals surface area contributed by atoms with Gasteiger partial charge in [-0.2, -0.15) is 4.80 Å². The van der Waals surface area contributed by atoms with Crippen LogP contribution < -0.4 is 11.5 Å². The summed E-state index contributed by atoms with van der Waals surface area (Å²) >= 11 is 0. The minimum Gasteiger partial charge on any atom is -0.397 e. The van der Waals surface area contributed by atoms with Crippen LogP contribution in [0.4, 0.5) is 11.4 Å². The molecule has 72 valence electrons. The monoisotopic (exact) mass is 190 g/mol. The molecule has 0 atom stereocenters. The Morgan fingerprint density at radius 2 is 2.00 bits per heavy atom. The molecule has 4 N–H and O–H groups in total. The summed E-state index contributed by atoms with van der Waals surface area (Å²) in [6.45, 7) is 0. The van der Waals surface area contributed by atoms with Crippen molar-refractivity contribution < 1.29 is 0 Å². The summed E-state index contributed by atoms with van der Waals surface area (Å²) in [6.07, 6.45) is 0. The van der Waals surface area contributed by atoms with Gasteiger partial charge in [-0.15, -0.1) is 10.2 Å².